The lowest BCUT2D eigenvalue weighted by atomic mass is 9.95. The molecule has 0 unspecified atom stereocenters. The summed E-state index contributed by atoms with van der Waals surface area (Å²) in [6.45, 7) is -0.00472. The van der Waals surface area contributed by atoms with Crippen molar-refractivity contribution >= 4 is 29.1 Å². The normalized spacial score (nSPS) is 27.6. The fourth-order valence-corrected chi connectivity index (χ4v) is 3.87. The highest BCUT2D eigenvalue weighted by atomic mass is 35.5. The second kappa shape index (κ2) is 5.82. The average molecular weight is 314 g/mol. The molecule has 2 aliphatic rings. The summed E-state index contributed by atoms with van der Waals surface area (Å²) >= 11 is 11.8. The van der Waals surface area contributed by atoms with Crippen LogP contribution in [-0.4, -0.2) is 18.6 Å². The molecule has 1 N–H and O–H groups in total. The molecule has 5 heteroatoms. The number of hydrogen-bond acceptors (Lipinski definition) is 2. The van der Waals surface area contributed by atoms with E-state index in [1.54, 1.807) is 18.2 Å². The molecule has 1 aromatic carbocycles. The Morgan fingerprint density at radius 2 is 2.15 bits per heavy atom. The highest BCUT2D eigenvalue weighted by Crippen LogP contribution is 2.44. The first-order valence-electron chi connectivity index (χ1n) is 6.99. The molecule has 1 amide bonds. The van der Waals surface area contributed by atoms with Crippen molar-refractivity contribution in [3.8, 4) is 5.75 Å². The third-order valence-corrected chi connectivity index (χ3v) is 4.87. The number of amides is 1. The lowest BCUT2D eigenvalue weighted by Gasteiger charge is -2.22. The fourth-order valence-electron chi connectivity index (χ4n) is 3.41. The van der Waals surface area contributed by atoms with Crippen LogP contribution in [0.15, 0.2) is 18.2 Å². The molecule has 108 valence electrons. The van der Waals surface area contributed by atoms with E-state index >= 15 is 0 Å². The summed E-state index contributed by atoms with van der Waals surface area (Å²) in [5.74, 6) is 1.90. The van der Waals surface area contributed by atoms with Gasteiger partial charge in [0.2, 0.25) is 0 Å². The fraction of sp³-hybridized carbons (Fsp3) is 0.533. The van der Waals surface area contributed by atoms with Gasteiger partial charge in [0.15, 0.2) is 6.61 Å². The minimum Gasteiger partial charge on any atom is -0.482 e. The monoisotopic (exact) mass is 313 g/mol. The Hall–Kier alpha value is -0.930. The Morgan fingerprint density at radius 1 is 1.30 bits per heavy atom. The molecule has 0 radical (unpaired) electrons. The van der Waals surface area contributed by atoms with E-state index in [1.165, 1.54) is 19.3 Å². The van der Waals surface area contributed by atoms with Gasteiger partial charge in [-0.1, -0.05) is 29.6 Å². The van der Waals surface area contributed by atoms with E-state index in [1.807, 2.05) is 0 Å². The number of carbonyl (C=O) groups is 1. The first kappa shape index (κ1) is 14.0. The standard InChI is InChI=1S/C15H17Cl2NO2/c16-11-3-4-14(12(17)7-11)20-8-15(19)18-13-6-9-1-2-10(13)5-9/h3-4,7,9-10,13H,1-2,5-6,8H2,(H,18,19)/t9-,10+,13+/m0/s1. The predicted molar refractivity (Wildman–Crippen MR) is 79.3 cm³/mol. The van der Waals surface area contributed by atoms with E-state index in [-0.39, 0.29) is 12.5 Å². The van der Waals surface area contributed by atoms with E-state index in [0.29, 0.717) is 27.8 Å². The van der Waals surface area contributed by atoms with Crippen molar-refractivity contribution < 1.29 is 9.53 Å². The van der Waals surface area contributed by atoms with Gasteiger partial charge in [-0.3, -0.25) is 4.79 Å². The lowest BCUT2D eigenvalue weighted by molar-refractivity contribution is -0.124. The number of halogens is 2. The van der Waals surface area contributed by atoms with Crippen LogP contribution in [0.1, 0.15) is 25.7 Å². The summed E-state index contributed by atoms with van der Waals surface area (Å²) in [6, 6.07) is 5.31. The Bertz CT molecular complexity index is 521. The van der Waals surface area contributed by atoms with Crippen LogP contribution in [0.3, 0.4) is 0 Å². The van der Waals surface area contributed by atoms with E-state index in [0.717, 1.165) is 12.3 Å². The molecule has 2 aliphatic carbocycles. The molecule has 0 spiro atoms. The van der Waals surface area contributed by atoms with E-state index in [9.17, 15) is 4.79 Å². The van der Waals surface area contributed by atoms with Gasteiger partial charge in [0.25, 0.3) is 5.91 Å². The molecular weight excluding hydrogens is 297 g/mol. The molecule has 0 aliphatic heterocycles. The number of nitrogens with one attached hydrogen (secondary N) is 1. The zero-order chi connectivity index (χ0) is 14.1. The van der Waals surface area contributed by atoms with Gasteiger partial charge in [-0.2, -0.15) is 0 Å². The number of benzene rings is 1. The number of hydrogen-bond donors (Lipinski definition) is 1. The molecule has 1 aromatic rings. The Labute approximate surface area is 128 Å². The third-order valence-electron chi connectivity index (χ3n) is 4.34. The maximum atomic E-state index is 11.9. The van der Waals surface area contributed by atoms with E-state index in [4.69, 9.17) is 27.9 Å². The molecule has 0 saturated heterocycles. The maximum Gasteiger partial charge on any atom is 0.258 e. The lowest BCUT2D eigenvalue weighted by Crippen LogP contribution is -2.40. The zero-order valence-electron chi connectivity index (χ0n) is 11.1. The summed E-state index contributed by atoms with van der Waals surface area (Å²) in [4.78, 5) is 11.9. The first-order chi connectivity index (χ1) is 9.61. The number of rotatable bonds is 4. The second-order valence-corrected chi connectivity index (χ2v) is 6.56. The van der Waals surface area contributed by atoms with Crippen LogP contribution in [0, 0.1) is 11.8 Å². The zero-order valence-corrected chi connectivity index (χ0v) is 12.6. The Kier molecular flexibility index (Phi) is 4.08. The molecular formula is C15H17Cl2NO2. The van der Waals surface area contributed by atoms with Gasteiger partial charge in [0.05, 0.1) is 5.02 Å². The smallest absolute Gasteiger partial charge is 0.258 e. The van der Waals surface area contributed by atoms with Crippen LogP contribution in [0.5, 0.6) is 5.75 Å². The minimum atomic E-state index is -0.0754. The van der Waals surface area contributed by atoms with Crippen molar-refractivity contribution in [1.29, 1.82) is 0 Å². The minimum absolute atomic E-state index is 0.00472. The van der Waals surface area contributed by atoms with E-state index < -0.39 is 0 Å². The third kappa shape index (κ3) is 3.04. The average Bonchev–Trinajstić information content (AvgIpc) is 3.00. The summed E-state index contributed by atoms with van der Waals surface area (Å²) in [6.07, 6.45) is 4.97. The maximum absolute atomic E-state index is 11.9. The van der Waals surface area contributed by atoms with Gasteiger partial charge >= 0.3 is 0 Å². The van der Waals surface area contributed by atoms with Crippen molar-refractivity contribution in [2.45, 2.75) is 31.7 Å². The van der Waals surface area contributed by atoms with Crippen LogP contribution in [0.4, 0.5) is 0 Å². The van der Waals surface area contributed by atoms with Crippen LogP contribution in [0.25, 0.3) is 0 Å². The number of carbonyl (C=O) groups excluding carboxylic acids is 1. The molecule has 2 bridgehead atoms. The SMILES string of the molecule is O=C(COc1ccc(Cl)cc1Cl)N[C@@H]1C[C@H]2CC[C@@H]1C2. The highest BCUT2D eigenvalue weighted by molar-refractivity contribution is 6.35. The highest BCUT2D eigenvalue weighted by Gasteiger charge is 2.40. The molecule has 0 heterocycles. The summed E-state index contributed by atoms with van der Waals surface area (Å²) in [5.41, 5.74) is 0. The van der Waals surface area contributed by atoms with Gasteiger partial charge in [0.1, 0.15) is 5.75 Å². The van der Waals surface area contributed by atoms with E-state index in [2.05, 4.69) is 5.32 Å². The van der Waals surface area contributed by atoms with Crippen molar-refractivity contribution in [2.24, 2.45) is 11.8 Å². The summed E-state index contributed by atoms with van der Waals surface area (Å²) < 4.78 is 5.44. The summed E-state index contributed by atoms with van der Waals surface area (Å²) in [5, 5.41) is 4.05. The predicted octanol–water partition coefficient (Wildman–Crippen LogP) is 3.68. The van der Waals surface area contributed by atoms with Crippen molar-refractivity contribution in [3.63, 3.8) is 0 Å². The Morgan fingerprint density at radius 3 is 2.80 bits per heavy atom. The topological polar surface area (TPSA) is 38.3 Å². The van der Waals surface area contributed by atoms with Gasteiger partial charge in [0, 0.05) is 11.1 Å². The molecule has 3 atom stereocenters. The molecule has 2 saturated carbocycles. The van der Waals surface area contributed by atoms with Crippen LogP contribution in [-0.2, 0) is 4.79 Å². The second-order valence-electron chi connectivity index (χ2n) is 5.71. The summed E-state index contributed by atoms with van der Waals surface area (Å²) in [7, 11) is 0. The molecule has 2 fully saturated rings. The Balaban J connectivity index is 1.49. The number of ether oxygens (including phenoxy) is 1. The van der Waals surface area contributed by atoms with Crippen LogP contribution < -0.4 is 10.1 Å². The van der Waals surface area contributed by atoms with Crippen molar-refractivity contribution in [2.75, 3.05) is 6.61 Å². The van der Waals surface area contributed by atoms with Crippen LogP contribution >= 0.6 is 23.2 Å². The molecule has 20 heavy (non-hydrogen) atoms. The quantitative estimate of drug-likeness (QED) is 0.921. The van der Waals surface area contributed by atoms with Crippen molar-refractivity contribution in [1.82, 2.24) is 5.32 Å². The molecule has 3 nitrogen and oxygen atoms in total. The molecule has 0 aromatic heterocycles. The van der Waals surface area contributed by atoms with Crippen LogP contribution in [0.2, 0.25) is 10.0 Å². The number of fused-ring (bicyclic) bond motifs is 2. The van der Waals surface area contributed by atoms with Gasteiger partial charge in [-0.25, -0.2) is 0 Å². The largest absolute Gasteiger partial charge is 0.482 e. The first-order valence-corrected chi connectivity index (χ1v) is 7.74. The van der Waals surface area contributed by atoms with Gasteiger partial charge < -0.3 is 10.1 Å². The van der Waals surface area contributed by atoms with Gasteiger partial charge in [-0.05, 0) is 49.3 Å². The van der Waals surface area contributed by atoms with Crippen molar-refractivity contribution in [3.05, 3.63) is 28.2 Å². The van der Waals surface area contributed by atoms with Gasteiger partial charge in [-0.15, -0.1) is 0 Å². The molecule has 3 rings (SSSR count).